The first kappa shape index (κ1) is 10.2. The number of anilines is 1. The van der Waals surface area contributed by atoms with E-state index >= 15 is 0 Å². The van der Waals surface area contributed by atoms with Crippen molar-refractivity contribution in [2.75, 3.05) is 11.9 Å². The lowest BCUT2D eigenvalue weighted by atomic mass is 10.2. The number of cyclic esters (lactones) is 1. The molecule has 1 aromatic carbocycles. The van der Waals surface area contributed by atoms with E-state index in [4.69, 9.17) is 10.5 Å². The Morgan fingerprint density at radius 3 is 2.62 bits per heavy atom. The molecule has 0 fully saturated rings. The normalized spacial score (nSPS) is 14.9. The van der Waals surface area contributed by atoms with Gasteiger partial charge in [0.05, 0.1) is 5.70 Å². The van der Waals surface area contributed by atoms with Gasteiger partial charge in [0.1, 0.15) is 12.2 Å². The maximum atomic E-state index is 11.2. The Kier molecular flexibility index (Phi) is 2.59. The lowest BCUT2D eigenvalue weighted by molar-refractivity contribution is -0.137. The van der Waals surface area contributed by atoms with Crippen molar-refractivity contribution in [1.29, 1.82) is 0 Å². The van der Waals surface area contributed by atoms with Gasteiger partial charge in [-0.25, -0.2) is 4.79 Å². The number of benzene rings is 1. The summed E-state index contributed by atoms with van der Waals surface area (Å²) in [5.74, 6) is -1.45. The molecule has 82 valence electrons. The maximum absolute atomic E-state index is 11.2. The van der Waals surface area contributed by atoms with E-state index in [9.17, 15) is 9.59 Å². The molecule has 5 nitrogen and oxygen atoms in total. The van der Waals surface area contributed by atoms with Crippen LogP contribution in [0.15, 0.2) is 41.6 Å². The number of para-hydroxylation sites is 1. The van der Waals surface area contributed by atoms with E-state index in [1.165, 1.54) is 0 Å². The van der Waals surface area contributed by atoms with Crippen LogP contribution in [0.4, 0.5) is 5.69 Å². The molecule has 0 aliphatic carbocycles. The van der Waals surface area contributed by atoms with Crippen molar-refractivity contribution in [3.05, 3.63) is 41.6 Å². The highest BCUT2D eigenvalue weighted by atomic mass is 16.5. The molecule has 0 aromatic heterocycles. The van der Waals surface area contributed by atoms with E-state index in [2.05, 4.69) is 5.32 Å². The van der Waals surface area contributed by atoms with Crippen LogP contribution >= 0.6 is 0 Å². The van der Waals surface area contributed by atoms with Crippen LogP contribution in [0.1, 0.15) is 0 Å². The number of carbonyl (C=O) groups excluding carboxylic acids is 2. The predicted octanol–water partition coefficient (Wildman–Crippen LogP) is 0.395. The van der Waals surface area contributed by atoms with Crippen LogP contribution in [0.2, 0.25) is 0 Å². The molecule has 2 rings (SSSR count). The van der Waals surface area contributed by atoms with Crippen LogP contribution in [-0.2, 0) is 14.3 Å². The van der Waals surface area contributed by atoms with E-state index in [-0.39, 0.29) is 12.2 Å². The number of nitrogens with two attached hydrogens (primary N) is 1. The third kappa shape index (κ3) is 1.88. The number of carbonyl (C=O) groups is 2. The van der Waals surface area contributed by atoms with E-state index in [0.717, 1.165) is 5.69 Å². The molecule has 16 heavy (non-hydrogen) atoms. The number of hydrogen-bond donors (Lipinski definition) is 2. The zero-order chi connectivity index (χ0) is 11.5. The van der Waals surface area contributed by atoms with Crippen LogP contribution in [0.5, 0.6) is 0 Å². The van der Waals surface area contributed by atoms with Crippen molar-refractivity contribution >= 4 is 17.6 Å². The fourth-order valence-electron chi connectivity index (χ4n) is 1.45. The monoisotopic (exact) mass is 218 g/mol. The van der Waals surface area contributed by atoms with Crippen molar-refractivity contribution in [2.45, 2.75) is 0 Å². The van der Waals surface area contributed by atoms with Gasteiger partial charge in [-0.15, -0.1) is 0 Å². The van der Waals surface area contributed by atoms with Crippen molar-refractivity contribution in [2.24, 2.45) is 5.73 Å². The molecule has 0 spiro atoms. The van der Waals surface area contributed by atoms with E-state index < -0.39 is 11.9 Å². The van der Waals surface area contributed by atoms with Gasteiger partial charge in [0.15, 0.2) is 0 Å². The number of rotatable bonds is 3. The second kappa shape index (κ2) is 4.06. The number of amides is 1. The zero-order valence-corrected chi connectivity index (χ0v) is 8.40. The van der Waals surface area contributed by atoms with Crippen LogP contribution < -0.4 is 11.1 Å². The highest BCUT2D eigenvalue weighted by Gasteiger charge is 2.29. The fourth-order valence-corrected chi connectivity index (χ4v) is 1.45. The quantitative estimate of drug-likeness (QED) is 0.568. The number of primary amides is 1. The average molecular weight is 218 g/mol. The van der Waals surface area contributed by atoms with Crippen molar-refractivity contribution in [1.82, 2.24) is 0 Å². The molecule has 1 aliphatic rings. The smallest absolute Gasteiger partial charge is 0.346 e. The Balaban J connectivity index is 2.27. The molecule has 0 radical (unpaired) electrons. The molecule has 0 saturated carbocycles. The molecule has 3 N–H and O–H groups in total. The Morgan fingerprint density at radius 2 is 2.00 bits per heavy atom. The minimum absolute atomic E-state index is 0.0476. The summed E-state index contributed by atoms with van der Waals surface area (Å²) in [6, 6.07) is 9.17. The first-order chi connectivity index (χ1) is 7.68. The minimum atomic E-state index is -0.777. The summed E-state index contributed by atoms with van der Waals surface area (Å²) >= 11 is 0. The van der Waals surface area contributed by atoms with Crippen LogP contribution in [0.3, 0.4) is 0 Å². The summed E-state index contributed by atoms with van der Waals surface area (Å²) in [5, 5.41) is 2.94. The predicted molar refractivity (Wildman–Crippen MR) is 57.2 cm³/mol. The molecule has 1 heterocycles. The first-order valence-corrected chi connectivity index (χ1v) is 4.70. The van der Waals surface area contributed by atoms with Crippen LogP contribution in [0.25, 0.3) is 0 Å². The van der Waals surface area contributed by atoms with Gasteiger partial charge in [0.25, 0.3) is 5.91 Å². The summed E-state index contributed by atoms with van der Waals surface area (Å²) in [6.07, 6.45) is 0. The first-order valence-electron chi connectivity index (χ1n) is 4.70. The topological polar surface area (TPSA) is 81.4 Å². The summed E-state index contributed by atoms with van der Waals surface area (Å²) in [6.45, 7) is 0.0476. The van der Waals surface area contributed by atoms with Crippen molar-refractivity contribution < 1.29 is 14.3 Å². The summed E-state index contributed by atoms with van der Waals surface area (Å²) in [4.78, 5) is 22.2. The summed E-state index contributed by atoms with van der Waals surface area (Å²) in [5.41, 5.74) is 6.17. The lowest BCUT2D eigenvalue weighted by Gasteiger charge is -2.05. The Labute approximate surface area is 91.9 Å². The second-order valence-corrected chi connectivity index (χ2v) is 3.28. The molecule has 1 aliphatic heterocycles. The Hall–Kier alpha value is -2.30. The van der Waals surface area contributed by atoms with E-state index in [1.54, 1.807) is 0 Å². The number of hydrogen-bond acceptors (Lipinski definition) is 4. The van der Waals surface area contributed by atoms with Gasteiger partial charge in [0, 0.05) is 5.69 Å². The van der Waals surface area contributed by atoms with E-state index in [1.807, 2.05) is 30.3 Å². The van der Waals surface area contributed by atoms with Crippen molar-refractivity contribution in [3.8, 4) is 0 Å². The average Bonchev–Trinajstić information content (AvgIpc) is 2.61. The molecule has 1 amide bonds. The zero-order valence-electron chi connectivity index (χ0n) is 8.40. The van der Waals surface area contributed by atoms with Gasteiger partial charge in [-0.05, 0) is 12.1 Å². The van der Waals surface area contributed by atoms with Gasteiger partial charge in [-0.3, -0.25) is 4.79 Å². The Morgan fingerprint density at radius 1 is 1.31 bits per heavy atom. The van der Waals surface area contributed by atoms with Gasteiger partial charge >= 0.3 is 5.97 Å². The molecule has 5 heteroatoms. The highest BCUT2D eigenvalue weighted by Crippen LogP contribution is 2.18. The largest absolute Gasteiger partial charge is 0.455 e. The lowest BCUT2D eigenvalue weighted by Crippen LogP contribution is -2.20. The van der Waals surface area contributed by atoms with Gasteiger partial charge < -0.3 is 15.8 Å². The van der Waals surface area contributed by atoms with Gasteiger partial charge in [0.2, 0.25) is 0 Å². The second-order valence-electron chi connectivity index (χ2n) is 3.28. The Bertz CT molecular complexity index is 465. The summed E-state index contributed by atoms with van der Waals surface area (Å²) in [7, 11) is 0. The molecule has 1 aromatic rings. The highest BCUT2D eigenvalue weighted by molar-refractivity contribution is 6.18. The van der Waals surface area contributed by atoms with Crippen LogP contribution in [-0.4, -0.2) is 18.5 Å². The molecular weight excluding hydrogens is 208 g/mol. The van der Waals surface area contributed by atoms with Crippen LogP contribution in [0, 0.1) is 0 Å². The number of ether oxygens (including phenoxy) is 1. The standard InChI is InChI=1S/C11H10N2O3/c12-10(14)9-8(6-16-11(9)15)13-7-4-2-1-3-5-7/h1-5,13H,6H2,(H2,12,14). The third-order valence-electron chi connectivity index (χ3n) is 2.17. The molecule has 0 bridgehead atoms. The number of esters is 1. The van der Waals surface area contributed by atoms with Crippen molar-refractivity contribution in [3.63, 3.8) is 0 Å². The van der Waals surface area contributed by atoms with E-state index in [0.29, 0.717) is 5.70 Å². The SMILES string of the molecule is NC(=O)C1=C(Nc2ccccc2)COC1=O. The number of nitrogens with one attached hydrogen (secondary N) is 1. The molecule has 0 atom stereocenters. The van der Waals surface area contributed by atoms with Gasteiger partial charge in [-0.1, -0.05) is 18.2 Å². The maximum Gasteiger partial charge on any atom is 0.346 e. The molecular formula is C11H10N2O3. The minimum Gasteiger partial charge on any atom is -0.455 e. The van der Waals surface area contributed by atoms with Gasteiger partial charge in [-0.2, -0.15) is 0 Å². The fraction of sp³-hybridized carbons (Fsp3) is 0.0909. The molecule has 0 saturated heterocycles. The third-order valence-corrected chi connectivity index (χ3v) is 2.17. The molecule has 0 unspecified atom stereocenters. The summed E-state index contributed by atoms with van der Waals surface area (Å²) < 4.78 is 4.74.